The van der Waals surface area contributed by atoms with Crippen LogP contribution in [0.5, 0.6) is 17.2 Å². The van der Waals surface area contributed by atoms with Gasteiger partial charge in [-0.3, -0.25) is 0 Å². The van der Waals surface area contributed by atoms with Gasteiger partial charge >= 0.3 is 12.1 Å². The molecule has 4 rings (SSSR count). The first kappa shape index (κ1) is 17.3. The maximum Gasteiger partial charge on any atom is 0.419 e. The SMILES string of the molecule is O=C(Oc1ccccc1C(F)(F)F)c1csc(-c2ccc3c(c2)OCO3)n1. The maximum absolute atomic E-state index is 13.0. The van der Waals surface area contributed by atoms with E-state index < -0.39 is 23.5 Å². The van der Waals surface area contributed by atoms with Crippen LogP contribution in [0.4, 0.5) is 13.2 Å². The van der Waals surface area contributed by atoms with Crippen LogP contribution in [0.1, 0.15) is 16.1 Å². The van der Waals surface area contributed by atoms with Crippen molar-refractivity contribution < 1.29 is 32.2 Å². The van der Waals surface area contributed by atoms with E-state index in [1.54, 1.807) is 18.2 Å². The van der Waals surface area contributed by atoms with Crippen LogP contribution in [0.15, 0.2) is 47.8 Å². The summed E-state index contributed by atoms with van der Waals surface area (Å²) in [5.41, 5.74) is -0.409. The maximum atomic E-state index is 13.0. The quantitative estimate of drug-likeness (QED) is 0.474. The first-order valence-electron chi connectivity index (χ1n) is 7.66. The van der Waals surface area contributed by atoms with Crippen molar-refractivity contribution >= 4 is 17.3 Å². The second-order valence-corrected chi connectivity index (χ2v) is 6.35. The Morgan fingerprint density at radius 1 is 1.11 bits per heavy atom. The summed E-state index contributed by atoms with van der Waals surface area (Å²) in [6.07, 6.45) is -4.63. The van der Waals surface area contributed by atoms with Gasteiger partial charge in [-0.1, -0.05) is 12.1 Å². The Hall–Kier alpha value is -3.07. The molecule has 0 saturated carbocycles. The molecule has 0 bridgehead atoms. The molecule has 0 fully saturated rings. The Kier molecular flexibility index (Phi) is 4.23. The Balaban J connectivity index is 1.57. The third-order valence-electron chi connectivity index (χ3n) is 3.73. The molecule has 0 atom stereocenters. The van der Waals surface area contributed by atoms with Crippen molar-refractivity contribution in [2.45, 2.75) is 6.18 Å². The lowest BCUT2D eigenvalue weighted by Crippen LogP contribution is -2.14. The number of thiazole rings is 1. The standard InChI is InChI=1S/C18H10F3NO4S/c19-18(20,21)11-3-1-2-4-13(11)26-17(23)12-8-27-16(22-12)10-5-6-14-15(7-10)25-9-24-14/h1-8H,9H2. The van der Waals surface area contributed by atoms with Crippen molar-refractivity contribution in [1.82, 2.24) is 4.98 Å². The number of para-hydroxylation sites is 1. The van der Waals surface area contributed by atoms with E-state index in [1.165, 1.54) is 28.8 Å². The number of fused-ring (bicyclic) bond motifs is 1. The Labute approximate surface area is 154 Å². The predicted molar refractivity (Wildman–Crippen MR) is 90.1 cm³/mol. The smallest absolute Gasteiger partial charge is 0.419 e. The molecule has 1 aromatic heterocycles. The molecule has 0 spiro atoms. The molecule has 9 heteroatoms. The van der Waals surface area contributed by atoms with E-state index in [0.29, 0.717) is 22.1 Å². The molecule has 0 aliphatic carbocycles. The first-order chi connectivity index (χ1) is 12.9. The minimum atomic E-state index is -4.63. The lowest BCUT2D eigenvalue weighted by Gasteiger charge is -2.11. The second-order valence-electron chi connectivity index (χ2n) is 5.49. The van der Waals surface area contributed by atoms with Crippen molar-refractivity contribution in [3.63, 3.8) is 0 Å². The summed E-state index contributed by atoms with van der Waals surface area (Å²) in [6, 6.07) is 9.71. The lowest BCUT2D eigenvalue weighted by atomic mass is 10.2. The van der Waals surface area contributed by atoms with E-state index >= 15 is 0 Å². The average molecular weight is 393 g/mol. The molecular weight excluding hydrogens is 383 g/mol. The number of halogens is 3. The number of hydrogen-bond acceptors (Lipinski definition) is 6. The molecule has 0 amide bonds. The first-order valence-corrected chi connectivity index (χ1v) is 8.54. The number of aromatic nitrogens is 1. The monoisotopic (exact) mass is 393 g/mol. The van der Waals surface area contributed by atoms with Crippen LogP contribution >= 0.6 is 11.3 Å². The number of carbonyl (C=O) groups is 1. The highest BCUT2D eigenvalue weighted by Gasteiger charge is 2.35. The predicted octanol–water partition coefficient (Wildman–Crippen LogP) is 4.78. The topological polar surface area (TPSA) is 57.7 Å². The van der Waals surface area contributed by atoms with Crippen LogP contribution in [0, 0.1) is 0 Å². The largest absolute Gasteiger partial charge is 0.454 e. The van der Waals surface area contributed by atoms with Crippen molar-refractivity contribution in [2.75, 3.05) is 6.79 Å². The van der Waals surface area contributed by atoms with E-state index in [0.717, 1.165) is 12.1 Å². The highest BCUT2D eigenvalue weighted by molar-refractivity contribution is 7.13. The number of nitrogens with zero attached hydrogens (tertiary/aromatic N) is 1. The molecule has 2 heterocycles. The van der Waals surface area contributed by atoms with Gasteiger partial charge in [0.25, 0.3) is 0 Å². The van der Waals surface area contributed by atoms with Gasteiger partial charge in [0.15, 0.2) is 17.2 Å². The van der Waals surface area contributed by atoms with E-state index in [9.17, 15) is 18.0 Å². The minimum absolute atomic E-state index is 0.0790. The highest BCUT2D eigenvalue weighted by atomic mass is 32.1. The van der Waals surface area contributed by atoms with Crippen molar-refractivity contribution in [1.29, 1.82) is 0 Å². The van der Waals surface area contributed by atoms with Gasteiger partial charge in [-0.25, -0.2) is 9.78 Å². The molecule has 138 valence electrons. The molecule has 3 aromatic rings. The van der Waals surface area contributed by atoms with Crippen LogP contribution in [-0.2, 0) is 6.18 Å². The minimum Gasteiger partial charge on any atom is -0.454 e. The fraction of sp³-hybridized carbons (Fsp3) is 0.111. The van der Waals surface area contributed by atoms with Gasteiger partial charge in [-0.15, -0.1) is 11.3 Å². The molecule has 5 nitrogen and oxygen atoms in total. The summed E-state index contributed by atoms with van der Waals surface area (Å²) in [4.78, 5) is 16.4. The van der Waals surface area contributed by atoms with Crippen molar-refractivity contribution in [3.8, 4) is 27.8 Å². The molecule has 1 aliphatic rings. The molecule has 0 radical (unpaired) electrons. The Bertz CT molecular complexity index is 1020. The van der Waals surface area contributed by atoms with E-state index in [4.69, 9.17) is 14.2 Å². The summed E-state index contributed by atoms with van der Waals surface area (Å²) >= 11 is 1.17. The van der Waals surface area contributed by atoms with Gasteiger partial charge in [0.05, 0.1) is 5.56 Å². The normalized spacial score (nSPS) is 12.9. The molecule has 1 aliphatic heterocycles. The third kappa shape index (κ3) is 3.45. The van der Waals surface area contributed by atoms with Crippen LogP contribution in [0.2, 0.25) is 0 Å². The summed E-state index contributed by atoms with van der Waals surface area (Å²) < 4.78 is 54.5. The van der Waals surface area contributed by atoms with Crippen LogP contribution in [-0.4, -0.2) is 17.7 Å². The van der Waals surface area contributed by atoms with E-state index in [-0.39, 0.29) is 12.5 Å². The molecule has 0 saturated heterocycles. The summed E-state index contributed by atoms with van der Waals surface area (Å²) in [6.45, 7) is 0.132. The second kappa shape index (κ2) is 6.58. The molecule has 0 unspecified atom stereocenters. The zero-order valence-corrected chi connectivity index (χ0v) is 14.3. The number of esters is 1. The number of hydrogen-bond donors (Lipinski definition) is 0. The Morgan fingerprint density at radius 2 is 1.89 bits per heavy atom. The molecule has 27 heavy (non-hydrogen) atoms. The zero-order chi connectivity index (χ0) is 19.0. The van der Waals surface area contributed by atoms with Crippen molar-refractivity contribution in [3.05, 3.63) is 59.1 Å². The molecule has 0 N–H and O–H groups in total. The van der Waals surface area contributed by atoms with Crippen LogP contribution in [0.3, 0.4) is 0 Å². The zero-order valence-electron chi connectivity index (χ0n) is 13.4. The number of carbonyl (C=O) groups excluding carboxylic acids is 1. The van der Waals surface area contributed by atoms with Gasteiger partial charge < -0.3 is 14.2 Å². The van der Waals surface area contributed by atoms with Gasteiger partial charge in [0.1, 0.15) is 10.8 Å². The number of ether oxygens (including phenoxy) is 3. The van der Waals surface area contributed by atoms with E-state index in [1.807, 2.05) is 0 Å². The highest BCUT2D eigenvalue weighted by Crippen LogP contribution is 2.38. The Morgan fingerprint density at radius 3 is 2.70 bits per heavy atom. The van der Waals surface area contributed by atoms with Crippen molar-refractivity contribution in [2.24, 2.45) is 0 Å². The third-order valence-corrected chi connectivity index (χ3v) is 4.62. The lowest BCUT2D eigenvalue weighted by molar-refractivity contribution is -0.138. The molecular formula is C18H10F3NO4S. The van der Waals surface area contributed by atoms with E-state index in [2.05, 4.69) is 4.98 Å². The van der Waals surface area contributed by atoms with Crippen LogP contribution < -0.4 is 14.2 Å². The number of benzene rings is 2. The van der Waals surface area contributed by atoms with Crippen LogP contribution in [0.25, 0.3) is 10.6 Å². The fourth-order valence-corrected chi connectivity index (χ4v) is 3.26. The van der Waals surface area contributed by atoms with Gasteiger partial charge in [-0.2, -0.15) is 13.2 Å². The average Bonchev–Trinajstić information content (AvgIpc) is 3.30. The fourth-order valence-electron chi connectivity index (χ4n) is 2.47. The summed E-state index contributed by atoms with van der Waals surface area (Å²) in [5.74, 6) is -0.354. The molecule has 2 aromatic carbocycles. The number of alkyl halides is 3. The van der Waals surface area contributed by atoms with Gasteiger partial charge in [0.2, 0.25) is 6.79 Å². The van der Waals surface area contributed by atoms with Gasteiger partial charge in [-0.05, 0) is 30.3 Å². The van der Waals surface area contributed by atoms with Gasteiger partial charge in [0, 0.05) is 10.9 Å². The summed E-state index contributed by atoms with van der Waals surface area (Å²) in [5, 5.41) is 1.93. The number of rotatable bonds is 3. The summed E-state index contributed by atoms with van der Waals surface area (Å²) in [7, 11) is 0.